The molecule has 0 amide bonds. The predicted octanol–water partition coefficient (Wildman–Crippen LogP) is 1.87. The standard InChI is InChI=1S/C21H25.C5H5.C2H4.2ClH.Zr/c1-20(2,3)16-7-9-18-14(12-16)11-15-13-17(21(4,5)6)8-10-19(15)18;1-2-4-5-3-1;1-2;;;/h7-10,12H,11H2,1-6H3;1-5H;1-2H2;2*1H;/q2*-1;;;;+4/p-2. The molecule has 1 aliphatic rings. The minimum atomic E-state index is 0. The molecule has 3 aromatic rings. The third kappa shape index (κ3) is 8.45. The SMILES string of the molecule is C=C.CC(C)(C)c1[c-]c2c(cc1)-c1ccc(C(C)(C)C)cc1C2.[Cl-].[Cl-].[Zr+4].c1cc[cH-]c1. The average Bonchev–Trinajstić information content (AvgIpc) is 3.32. The van der Waals surface area contributed by atoms with Gasteiger partial charge in [0.2, 0.25) is 0 Å². The molecule has 0 N–H and O–H groups in total. The summed E-state index contributed by atoms with van der Waals surface area (Å²) in [5.74, 6) is 0. The minimum absolute atomic E-state index is 0. The number of fused-ring (bicyclic) bond motifs is 3. The molecule has 0 saturated heterocycles. The van der Waals surface area contributed by atoms with Crippen molar-refractivity contribution in [3.63, 3.8) is 0 Å². The summed E-state index contributed by atoms with van der Waals surface area (Å²) in [4.78, 5) is 0. The van der Waals surface area contributed by atoms with Crippen molar-refractivity contribution in [2.75, 3.05) is 0 Å². The van der Waals surface area contributed by atoms with Crippen molar-refractivity contribution in [3.8, 4) is 11.1 Å². The fraction of sp³-hybridized carbons (Fsp3) is 0.321. The van der Waals surface area contributed by atoms with Gasteiger partial charge in [-0.25, -0.2) is 12.1 Å². The van der Waals surface area contributed by atoms with Gasteiger partial charge in [0.05, 0.1) is 0 Å². The normalized spacial score (nSPS) is 10.9. The quantitative estimate of drug-likeness (QED) is 0.240. The largest absolute Gasteiger partial charge is 4.00 e. The Morgan fingerprint density at radius 3 is 1.81 bits per heavy atom. The van der Waals surface area contributed by atoms with E-state index in [2.05, 4.69) is 91.1 Å². The Morgan fingerprint density at radius 2 is 1.35 bits per heavy atom. The molecule has 3 aromatic carbocycles. The van der Waals surface area contributed by atoms with Crippen molar-refractivity contribution < 1.29 is 51.0 Å². The maximum atomic E-state index is 3.67. The van der Waals surface area contributed by atoms with E-state index < -0.39 is 0 Å². The van der Waals surface area contributed by atoms with Gasteiger partial charge in [0, 0.05) is 0 Å². The van der Waals surface area contributed by atoms with Gasteiger partial charge in [0.25, 0.3) is 0 Å². The first-order chi connectivity index (χ1) is 13.2. The van der Waals surface area contributed by atoms with Crippen LogP contribution in [0.25, 0.3) is 11.1 Å². The van der Waals surface area contributed by atoms with Crippen LogP contribution in [0.4, 0.5) is 0 Å². The second-order valence-corrected chi connectivity index (χ2v) is 9.28. The van der Waals surface area contributed by atoms with Gasteiger partial charge >= 0.3 is 26.2 Å². The van der Waals surface area contributed by atoms with E-state index in [-0.39, 0.29) is 61.8 Å². The molecule has 1 aliphatic carbocycles. The van der Waals surface area contributed by atoms with Crippen molar-refractivity contribution in [1.29, 1.82) is 0 Å². The number of rotatable bonds is 0. The summed E-state index contributed by atoms with van der Waals surface area (Å²) in [6.07, 6.45) is 1.03. The Labute approximate surface area is 221 Å². The molecular formula is C28H34Cl2Zr. The smallest absolute Gasteiger partial charge is 1.00 e. The Kier molecular flexibility index (Phi) is 14.0. The fourth-order valence-corrected chi connectivity index (χ4v) is 3.35. The number of hydrogen-bond donors (Lipinski definition) is 0. The first-order valence-electron chi connectivity index (χ1n) is 10.0. The molecule has 0 atom stereocenters. The molecule has 0 saturated carbocycles. The summed E-state index contributed by atoms with van der Waals surface area (Å²) in [6.45, 7) is 19.6. The van der Waals surface area contributed by atoms with E-state index in [1.807, 2.05) is 30.3 Å². The molecule has 0 spiro atoms. The average molecular weight is 533 g/mol. The first-order valence-corrected chi connectivity index (χ1v) is 10.0. The maximum Gasteiger partial charge on any atom is 4.00 e. The van der Waals surface area contributed by atoms with Crippen LogP contribution < -0.4 is 24.8 Å². The number of benzene rings is 2. The van der Waals surface area contributed by atoms with Crippen molar-refractivity contribution in [2.24, 2.45) is 0 Å². The summed E-state index contributed by atoms with van der Waals surface area (Å²) in [5.41, 5.74) is 8.70. The molecule has 3 heteroatoms. The predicted molar refractivity (Wildman–Crippen MR) is 124 cm³/mol. The Morgan fingerprint density at radius 1 is 0.806 bits per heavy atom. The molecule has 164 valence electrons. The van der Waals surface area contributed by atoms with E-state index in [0.717, 1.165) is 6.42 Å². The number of hydrogen-bond acceptors (Lipinski definition) is 0. The van der Waals surface area contributed by atoms with E-state index in [4.69, 9.17) is 0 Å². The molecule has 0 heterocycles. The molecule has 0 radical (unpaired) electrons. The summed E-state index contributed by atoms with van der Waals surface area (Å²) in [5, 5.41) is 0. The van der Waals surface area contributed by atoms with Crippen LogP contribution in [-0.4, -0.2) is 0 Å². The molecule has 0 bridgehead atoms. The fourth-order valence-electron chi connectivity index (χ4n) is 3.35. The van der Waals surface area contributed by atoms with Crippen LogP contribution in [0.1, 0.15) is 63.8 Å². The monoisotopic (exact) mass is 530 g/mol. The van der Waals surface area contributed by atoms with Crippen LogP contribution in [0.3, 0.4) is 0 Å². The van der Waals surface area contributed by atoms with Crippen molar-refractivity contribution >= 4 is 0 Å². The van der Waals surface area contributed by atoms with Crippen molar-refractivity contribution in [2.45, 2.75) is 58.8 Å². The molecule has 0 fully saturated rings. The summed E-state index contributed by atoms with van der Waals surface area (Å²) in [7, 11) is 0. The first kappa shape index (κ1) is 32.2. The molecule has 31 heavy (non-hydrogen) atoms. The molecule has 0 nitrogen and oxygen atoms in total. The van der Waals surface area contributed by atoms with Crippen LogP contribution in [0.2, 0.25) is 0 Å². The maximum absolute atomic E-state index is 3.67. The molecule has 4 rings (SSSR count). The van der Waals surface area contributed by atoms with Gasteiger partial charge in [-0.15, -0.1) is 24.3 Å². The molecular weight excluding hydrogens is 498 g/mol. The van der Waals surface area contributed by atoms with E-state index in [0.29, 0.717) is 0 Å². The zero-order chi connectivity index (χ0) is 20.9. The van der Waals surface area contributed by atoms with Crippen LogP contribution in [-0.2, 0) is 43.5 Å². The van der Waals surface area contributed by atoms with Crippen molar-refractivity contribution in [1.82, 2.24) is 0 Å². The van der Waals surface area contributed by atoms with Gasteiger partial charge in [-0.2, -0.15) is 42.0 Å². The Bertz CT molecular complexity index is 819. The third-order valence-corrected chi connectivity index (χ3v) is 5.02. The van der Waals surface area contributed by atoms with Gasteiger partial charge in [-0.05, 0) is 28.4 Å². The van der Waals surface area contributed by atoms with E-state index in [9.17, 15) is 0 Å². The third-order valence-electron chi connectivity index (χ3n) is 5.02. The second-order valence-electron chi connectivity index (χ2n) is 9.28. The Hall–Kier alpha value is -1.01. The summed E-state index contributed by atoms with van der Waals surface area (Å²) < 4.78 is 0. The zero-order valence-corrected chi connectivity index (χ0v) is 23.6. The summed E-state index contributed by atoms with van der Waals surface area (Å²) >= 11 is 0. The van der Waals surface area contributed by atoms with Crippen LogP contribution >= 0.6 is 0 Å². The summed E-state index contributed by atoms with van der Waals surface area (Å²) in [6, 6.07) is 25.2. The van der Waals surface area contributed by atoms with Gasteiger partial charge in [0.15, 0.2) is 0 Å². The van der Waals surface area contributed by atoms with E-state index in [1.54, 1.807) is 0 Å². The topological polar surface area (TPSA) is 0 Å². The van der Waals surface area contributed by atoms with Gasteiger partial charge < -0.3 is 24.8 Å². The second kappa shape index (κ2) is 13.5. The van der Waals surface area contributed by atoms with Gasteiger partial charge in [-0.3, -0.25) is 0 Å². The van der Waals surface area contributed by atoms with Gasteiger partial charge in [0.1, 0.15) is 0 Å². The molecule has 0 aliphatic heterocycles. The van der Waals surface area contributed by atoms with Crippen LogP contribution in [0.5, 0.6) is 0 Å². The zero-order valence-electron chi connectivity index (χ0n) is 19.7. The molecule has 0 aromatic heterocycles. The molecule has 0 unspecified atom stereocenters. The number of halogens is 2. The van der Waals surface area contributed by atoms with E-state index in [1.165, 1.54) is 33.4 Å². The van der Waals surface area contributed by atoms with Crippen LogP contribution in [0, 0.1) is 6.07 Å². The van der Waals surface area contributed by atoms with Crippen LogP contribution in [0.15, 0.2) is 73.8 Å². The minimum Gasteiger partial charge on any atom is -1.00 e. The van der Waals surface area contributed by atoms with E-state index >= 15 is 0 Å². The Balaban J connectivity index is 0. The van der Waals surface area contributed by atoms with Crippen molar-refractivity contribution in [3.05, 3.63) is 102 Å². The van der Waals surface area contributed by atoms with Gasteiger partial charge in [-0.1, -0.05) is 65.3 Å².